The van der Waals surface area contributed by atoms with Gasteiger partial charge in [-0.25, -0.2) is 4.98 Å². The van der Waals surface area contributed by atoms with Crippen molar-refractivity contribution in [1.29, 1.82) is 0 Å². The summed E-state index contributed by atoms with van der Waals surface area (Å²) in [4.78, 5) is 7.37. The predicted molar refractivity (Wildman–Crippen MR) is 108 cm³/mol. The topological polar surface area (TPSA) is 77.4 Å². The van der Waals surface area contributed by atoms with Crippen LogP contribution in [0.25, 0.3) is 0 Å². The summed E-state index contributed by atoms with van der Waals surface area (Å²) in [7, 11) is 0. The molecule has 5 heteroatoms. The summed E-state index contributed by atoms with van der Waals surface area (Å²) in [5.41, 5.74) is 16.1. The highest BCUT2D eigenvalue weighted by molar-refractivity contribution is 5.45. The maximum absolute atomic E-state index is 7.22. The van der Waals surface area contributed by atoms with Gasteiger partial charge < -0.3 is 21.1 Å². The summed E-state index contributed by atoms with van der Waals surface area (Å²) in [6.45, 7) is 8.20. The van der Waals surface area contributed by atoms with Crippen LogP contribution in [0.5, 0.6) is 0 Å². The first-order chi connectivity index (χ1) is 12.8. The van der Waals surface area contributed by atoms with Crippen molar-refractivity contribution in [1.82, 2.24) is 4.98 Å². The molecule has 1 aliphatic heterocycles. The highest BCUT2D eigenvalue weighted by Gasteiger charge is 2.60. The number of nitrogens with zero attached hydrogens (tertiary/aromatic N) is 2. The molecule has 6 rings (SSSR count). The highest BCUT2D eigenvalue weighted by Crippen LogP contribution is 2.61. The minimum Gasteiger partial charge on any atom is -0.372 e. The largest absolute Gasteiger partial charge is 0.372 e. The Morgan fingerprint density at radius 3 is 2.22 bits per heavy atom. The Bertz CT molecular complexity index is 724. The van der Waals surface area contributed by atoms with Crippen LogP contribution < -0.4 is 16.4 Å². The zero-order chi connectivity index (χ0) is 19.0. The summed E-state index contributed by atoms with van der Waals surface area (Å²) >= 11 is 0. The number of rotatable bonds is 2. The molecule has 4 unspecified atom stereocenters. The minimum absolute atomic E-state index is 0.0424. The van der Waals surface area contributed by atoms with Gasteiger partial charge >= 0.3 is 0 Å². The number of ether oxygens (including phenoxy) is 1. The lowest BCUT2D eigenvalue weighted by molar-refractivity contribution is -0.0720. The van der Waals surface area contributed by atoms with Gasteiger partial charge in [0.05, 0.1) is 12.2 Å². The van der Waals surface area contributed by atoms with Crippen molar-refractivity contribution in [2.75, 3.05) is 18.0 Å². The van der Waals surface area contributed by atoms with Gasteiger partial charge in [-0.2, -0.15) is 0 Å². The molecule has 4 aliphatic carbocycles. The summed E-state index contributed by atoms with van der Waals surface area (Å²) in [6, 6.07) is 4.46. The first-order valence-electron chi connectivity index (χ1n) is 10.7. The van der Waals surface area contributed by atoms with Crippen molar-refractivity contribution < 1.29 is 4.74 Å². The number of aryl methyl sites for hydroxylation is 1. The van der Waals surface area contributed by atoms with Gasteiger partial charge in [0.1, 0.15) is 5.82 Å². The lowest BCUT2D eigenvalue weighted by atomic mass is 9.45. The van der Waals surface area contributed by atoms with Gasteiger partial charge in [0.2, 0.25) is 0 Å². The van der Waals surface area contributed by atoms with Crippen molar-refractivity contribution in [3.63, 3.8) is 0 Å². The molecule has 0 spiro atoms. The van der Waals surface area contributed by atoms with Crippen molar-refractivity contribution in [2.45, 2.75) is 76.2 Å². The van der Waals surface area contributed by atoms with E-state index in [0.717, 1.165) is 43.4 Å². The van der Waals surface area contributed by atoms with E-state index in [4.69, 9.17) is 21.2 Å². The Labute approximate surface area is 162 Å². The molecule has 2 heterocycles. The number of aromatic nitrogens is 1. The third-order valence-electron chi connectivity index (χ3n) is 7.87. The van der Waals surface area contributed by atoms with Gasteiger partial charge in [0.25, 0.3) is 0 Å². The molecule has 4 saturated carbocycles. The lowest BCUT2D eigenvalue weighted by Crippen LogP contribution is -2.68. The number of nitrogens with two attached hydrogens (primary N) is 2. The number of morpholine rings is 1. The molecule has 5 fully saturated rings. The fourth-order valence-electron chi connectivity index (χ4n) is 7.09. The van der Waals surface area contributed by atoms with E-state index in [9.17, 15) is 0 Å². The number of anilines is 1. The first kappa shape index (κ1) is 17.9. The molecular weight excluding hydrogens is 336 g/mol. The zero-order valence-corrected chi connectivity index (χ0v) is 16.9. The van der Waals surface area contributed by atoms with Crippen molar-refractivity contribution in [3.05, 3.63) is 23.4 Å². The first-order valence-corrected chi connectivity index (χ1v) is 10.7. The van der Waals surface area contributed by atoms with Gasteiger partial charge in [-0.3, -0.25) is 0 Å². The maximum atomic E-state index is 7.22. The molecule has 1 saturated heterocycles. The molecule has 4 N–H and O–H groups in total. The Kier molecular flexibility index (Phi) is 3.92. The van der Waals surface area contributed by atoms with Crippen LogP contribution in [0.1, 0.15) is 57.2 Å². The molecule has 5 nitrogen and oxygen atoms in total. The second kappa shape index (κ2) is 5.91. The van der Waals surface area contributed by atoms with E-state index in [2.05, 4.69) is 37.8 Å². The van der Waals surface area contributed by atoms with E-state index in [1.54, 1.807) is 0 Å². The predicted octanol–water partition coefficient (Wildman–Crippen LogP) is 2.70. The van der Waals surface area contributed by atoms with Gasteiger partial charge in [0, 0.05) is 29.9 Å². The molecule has 1 aromatic heterocycles. The molecule has 4 atom stereocenters. The molecule has 0 radical (unpaired) electrons. The van der Waals surface area contributed by atoms with E-state index in [0.29, 0.717) is 11.8 Å². The van der Waals surface area contributed by atoms with Crippen LogP contribution in [0.2, 0.25) is 0 Å². The van der Waals surface area contributed by atoms with Crippen LogP contribution in [0.3, 0.4) is 0 Å². The molecule has 148 valence electrons. The molecule has 0 aromatic carbocycles. The van der Waals surface area contributed by atoms with Gasteiger partial charge in [-0.05, 0) is 82.3 Å². The third kappa shape index (κ3) is 2.73. The Morgan fingerprint density at radius 2 is 1.67 bits per heavy atom. The van der Waals surface area contributed by atoms with Crippen LogP contribution in [0, 0.1) is 24.7 Å². The molecule has 5 aliphatic rings. The van der Waals surface area contributed by atoms with Crippen molar-refractivity contribution in [3.8, 4) is 0 Å². The Morgan fingerprint density at radius 1 is 1.04 bits per heavy atom. The quantitative estimate of drug-likeness (QED) is 0.837. The monoisotopic (exact) mass is 370 g/mol. The molecular formula is C22H34N4O. The summed E-state index contributed by atoms with van der Waals surface area (Å²) in [6.07, 6.45) is 6.33. The van der Waals surface area contributed by atoms with Gasteiger partial charge in [0.15, 0.2) is 0 Å². The molecule has 0 amide bonds. The zero-order valence-electron chi connectivity index (χ0n) is 16.9. The van der Waals surface area contributed by atoms with E-state index in [-0.39, 0.29) is 23.3 Å². The third-order valence-corrected chi connectivity index (χ3v) is 7.87. The lowest BCUT2D eigenvalue weighted by Gasteiger charge is -2.63. The van der Waals surface area contributed by atoms with Crippen molar-refractivity contribution in [2.24, 2.45) is 29.2 Å². The second-order valence-corrected chi connectivity index (χ2v) is 10.1. The number of hydrogen-bond donors (Lipinski definition) is 2. The fourth-order valence-corrected chi connectivity index (χ4v) is 7.09. The van der Waals surface area contributed by atoms with E-state index in [1.165, 1.54) is 24.8 Å². The van der Waals surface area contributed by atoms with E-state index >= 15 is 0 Å². The SMILES string of the molecule is Cc1nc(N2CC(C)OC(C)C2)ccc1C1(N)C2CC3CC1CC(N)(C3)C2. The summed E-state index contributed by atoms with van der Waals surface area (Å²) in [5, 5.41) is 0. The van der Waals surface area contributed by atoms with Crippen LogP contribution >= 0.6 is 0 Å². The van der Waals surface area contributed by atoms with Crippen LogP contribution in [0.4, 0.5) is 5.82 Å². The van der Waals surface area contributed by atoms with E-state index in [1.807, 2.05) is 0 Å². The van der Waals surface area contributed by atoms with Crippen LogP contribution in [-0.2, 0) is 10.3 Å². The standard InChI is InChI=1S/C22H34N4O/c1-13-11-26(12-14(2)27-13)20-5-4-19(15(3)25-20)22(24)17-6-16-7-18(22)10-21(23,8-16)9-17/h4-5,13-14,16-18H,6-12,23-24H2,1-3H3. The minimum atomic E-state index is -0.249. The van der Waals surface area contributed by atoms with Gasteiger partial charge in [-0.15, -0.1) is 0 Å². The molecule has 27 heavy (non-hydrogen) atoms. The number of pyridine rings is 1. The van der Waals surface area contributed by atoms with Crippen molar-refractivity contribution >= 4 is 5.82 Å². The molecule has 4 bridgehead atoms. The maximum Gasteiger partial charge on any atom is 0.128 e. The Balaban J connectivity index is 1.46. The fraction of sp³-hybridized carbons (Fsp3) is 0.773. The average Bonchev–Trinajstić information content (AvgIpc) is 2.57. The van der Waals surface area contributed by atoms with Crippen LogP contribution in [0.15, 0.2) is 12.1 Å². The van der Waals surface area contributed by atoms with Crippen LogP contribution in [-0.4, -0.2) is 35.8 Å². The van der Waals surface area contributed by atoms with E-state index < -0.39 is 0 Å². The number of hydrogen-bond acceptors (Lipinski definition) is 5. The normalized spacial score (nSPS) is 46.1. The highest BCUT2D eigenvalue weighted by atomic mass is 16.5. The average molecular weight is 371 g/mol. The summed E-state index contributed by atoms with van der Waals surface area (Å²) < 4.78 is 5.88. The molecule has 1 aromatic rings. The van der Waals surface area contributed by atoms with Gasteiger partial charge in [-0.1, -0.05) is 6.07 Å². The summed E-state index contributed by atoms with van der Waals surface area (Å²) in [5.74, 6) is 2.85. The Hall–Kier alpha value is -1.17. The smallest absolute Gasteiger partial charge is 0.128 e. The second-order valence-electron chi connectivity index (χ2n) is 10.1.